The van der Waals surface area contributed by atoms with E-state index in [1.807, 2.05) is 10.8 Å². The summed E-state index contributed by atoms with van der Waals surface area (Å²) in [6.45, 7) is 2.12. The predicted octanol–water partition coefficient (Wildman–Crippen LogP) is 3.54. The van der Waals surface area contributed by atoms with E-state index in [0.717, 1.165) is 16.4 Å². The molecule has 0 bridgehead atoms. The van der Waals surface area contributed by atoms with Gasteiger partial charge in [-0.05, 0) is 39.5 Å². The minimum atomic E-state index is -3.51. The monoisotopic (exact) mass is 470 g/mol. The van der Waals surface area contributed by atoms with Crippen LogP contribution >= 0.6 is 38.6 Å². The summed E-state index contributed by atoms with van der Waals surface area (Å²) in [6.07, 6.45) is 1.39. The van der Waals surface area contributed by atoms with E-state index in [4.69, 9.17) is 4.98 Å². The first-order valence-electron chi connectivity index (χ1n) is 7.89. The van der Waals surface area contributed by atoms with Crippen LogP contribution in [0.1, 0.15) is 0 Å². The van der Waals surface area contributed by atoms with Gasteiger partial charge in [-0.3, -0.25) is 0 Å². The molecule has 0 N–H and O–H groups in total. The van der Waals surface area contributed by atoms with Crippen LogP contribution in [0.5, 0.6) is 0 Å². The zero-order valence-electron chi connectivity index (χ0n) is 13.6. The molecule has 0 aromatic carbocycles. The molecule has 4 heterocycles. The van der Waals surface area contributed by atoms with Crippen LogP contribution in [-0.4, -0.2) is 48.9 Å². The summed E-state index contributed by atoms with van der Waals surface area (Å²) in [5.74, 6) is 0. The number of halogens is 1. The highest BCUT2D eigenvalue weighted by Gasteiger charge is 2.29. The summed E-state index contributed by atoms with van der Waals surface area (Å²) in [6, 6.07) is 5.28. The molecule has 1 fully saturated rings. The summed E-state index contributed by atoms with van der Waals surface area (Å²) >= 11 is 6.47. The Labute approximate surface area is 168 Å². The lowest BCUT2D eigenvalue weighted by Crippen LogP contribution is -2.48. The number of aromatic nitrogens is 2. The smallest absolute Gasteiger partial charge is 0.244 e. The third-order valence-corrected chi connectivity index (χ3v) is 8.09. The lowest BCUT2D eigenvalue weighted by Gasteiger charge is -2.33. The predicted molar refractivity (Wildman–Crippen MR) is 108 cm³/mol. The SMILES string of the molecule is O=S(=O)(c1ccc(Br)nc1)N1CCN(c2nc(-c3ccsc3)cs2)CC1. The lowest BCUT2D eigenvalue weighted by atomic mass is 10.3. The Morgan fingerprint density at radius 1 is 1.08 bits per heavy atom. The van der Waals surface area contributed by atoms with E-state index in [1.165, 1.54) is 10.5 Å². The molecule has 0 atom stereocenters. The number of pyridine rings is 1. The lowest BCUT2D eigenvalue weighted by molar-refractivity contribution is 0.384. The number of hydrogen-bond acceptors (Lipinski definition) is 7. The number of anilines is 1. The van der Waals surface area contributed by atoms with Crippen LogP contribution in [0.3, 0.4) is 0 Å². The van der Waals surface area contributed by atoms with Crippen LogP contribution in [0.4, 0.5) is 5.13 Å². The molecule has 1 aliphatic rings. The quantitative estimate of drug-likeness (QED) is 0.545. The van der Waals surface area contributed by atoms with Gasteiger partial charge < -0.3 is 4.90 Å². The van der Waals surface area contributed by atoms with Gasteiger partial charge in [0.2, 0.25) is 10.0 Å². The molecule has 6 nitrogen and oxygen atoms in total. The molecular weight excluding hydrogens is 456 g/mol. The Morgan fingerprint density at radius 2 is 1.88 bits per heavy atom. The van der Waals surface area contributed by atoms with Crippen molar-refractivity contribution >= 4 is 53.8 Å². The zero-order valence-corrected chi connectivity index (χ0v) is 17.6. The van der Waals surface area contributed by atoms with Crippen LogP contribution in [-0.2, 0) is 10.0 Å². The number of nitrogens with zero attached hydrogens (tertiary/aromatic N) is 4. The van der Waals surface area contributed by atoms with Gasteiger partial charge in [0.1, 0.15) is 9.50 Å². The second-order valence-corrected chi connectivity index (χ2v) is 10.1. The summed E-state index contributed by atoms with van der Waals surface area (Å²) < 4.78 is 27.6. The molecule has 3 aromatic rings. The van der Waals surface area contributed by atoms with Crippen LogP contribution < -0.4 is 4.90 Å². The zero-order chi connectivity index (χ0) is 18.1. The average molecular weight is 471 g/mol. The number of thiophene rings is 1. The van der Waals surface area contributed by atoms with Crippen molar-refractivity contribution in [1.82, 2.24) is 14.3 Å². The fourth-order valence-electron chi connectivity index (χ4n) is 2.74. The van der Waals surface area contributed by atoms with E-state index in [1.54, 1.807) is 34.8 Å². The van der Waals surface area contributed by atoms with Gasteiger partial charge in [0.05, 0.1) is 5.69 Å². The van der Waals surface area contributed by atoms with E-state index >= 15 is 0 Å². The summed E-state index contributed by atoms with van der Waals surface area (Å²) in [5, 5.41) is 7.10. The Morgan fingerprint density at radius 3 is 2.54 bits per heavy atom. The van der Waals surface area contributed by atoms with Gasteiger partial charge in [-0.15, -0.1) is 11.3 Å². The Kier molecular flexibility index (Phi) is 5.11. The highest BCUT2D eigenvalue weighted by molar-refractivity contribution is 9.10. The molecular formula is C16H15BrN4O2S3. The van der Waals surface area contributed by atoms with E-state index in [-0.39, 0.29) is 4.90 Å². The van der Waals surface area contributed by atoms with Crippen LogP contribution in [0.2, 0.25) is 0 Å². The number of rotatable bonds is 4. The van der Waals surface area contributed by atoms with Crippen molar-refractivity contribution in [2.75, 3.05) is 31.1 Å². The van der Waals surface area contributed by atoms with Gasteiger partial charge >= 0.3 is 0 Å². The van der Waals surface area contributed by atoms with Crippen LogP contribution in [0, 0.1) is 0 Å². The summed E-state index contributed by atoms with van der Waals surface area (Å²) in [7, 11) is -3.51. The van der Waals surface area contributed by atoms with Crippen molar-refractivity contribution in [2.45, 2.75) is 4.90 Å². The minimum Gasteiger partial charge on any atom is -0.345 e. The number of hydrogen-bond donors (Lipinski definition) is 0. The highest BCUT2D eigenvalue weighted by Crippen LogP contribution is 2.29. The number of thiazole rings is 1. The van der Waals surface area contributed by atoms with Crippen molar-refractivity contribution in [3.63, 3.8) is 0 Å². The van der Waals surface area contributed by atoms with E-state index in [0.29, 0.717) is 30.8 Å². The van der Waals surface area contributed by atoms with E-state index < -0.39 is 10.0 Å². The van der Waals surface area contributed by atoms with Gasteiger partial charge in [-0.1, -0.05) is 0 Å². The molecule has 26 heavy (non-hydrogen) atoms. The summed E-state index contributed by atoms with van der Waals surface area (Å²) in [5.41, 5.74) is 2.10. The Hall–Kier alpha value is -1.33. The Balaban J connectivity index is 1.45. The normalized spacial score (nSPS) is 16.1. The average Bonchev–Trinajstić information content (AvgIpc) is 3.34. The third-order valence-electron chi connectivity index (χ3n) is 4.16. The maximum absolute atomic E-state index is 12.7. The maximum Gasteiger partial charge on any atom is 0.244 e. The standard InChI is InChI=1S/C16H15BrN4O2S3/c17-15-2-1-13(9-18-15)26(22,23)21-6-4-20(5-7-21)16-19-14(11-25-16)12-3-8-24-10-12/h1-3,8-11H,4-7H2. The molecule has 3 aromatic heterocycles. The van der Waals surface area contributed by atoms with Crippen LogP contribution in [0.15, 0.2) is 50.0 Å². The van der Waals surface area contributed by atoms with Crippen molar-refractivity contribution in [3.05, 3.63) is 45.1 Å². The van der Waals surface area contributed by atoms with Gasteiger partial charge in [-0.2, -0.15) is 15.6 Å². The molecule has 136 valence electrons. The maximum atomic E-state index is 12.7. The fourth-order valence-corrected chi connectivity index (χ4v) is 5.88. The van der Waals surface area contributed by atoms with Crippen molar-refractivity contribution in [3.8, 4) is 11.3 Å². The second-order valence-electron chi connectivity index (χ2n) is 5.74. The molecule has 0 amide bonds. The van der Waals surface area contributed by atoms with Crippen molar-refractivity contribution < 1.29 is 8.42 Å². The first-order valence-corrected chi connectivity index (χ1v) is 11.9. The molecule has 4 rings (SSSR count). The van der Waals surface area contributed by atoms with Gasteiger partial charge in [-0.25, -0.2) is 18.4 Å². The first-order chi connectivity index (χ1) is 12.5. The fraction of sp³-hybridized carbons (Fsp3) is 0.250. The van der Waals surface area contributed by atoms with E-state index in [9.17, 15) is 8.42 Å². The van der Waals surface area contributed by atoms with E-state index in [2.05, 4.69) is 37.3 Å². The number of piperazine rings is 1. The first kappa shape index (κ1) is 18.1. The highest BCUT2D eigenvalue weighted by atomic mass is 79.9. The molecule has 0 radical (unpaired) electrons. The minimum absolute atomic E-state index is 0.225. The summed E-state index contributed by atoms with van der Waals surface area (Å²) in [4.78, 5) is 11.1. The molecule has 0 unspecified atom stereocenters. The van der Waals surface area contributed by atoms with Gasteiger partial charge in [0, 0.05) is 48.7 Å². The number of sulfonamides is 1. The van der Waals surface area contributed by atoms with Crippen LogP contribution in [0.25, 0.3) is 11.3 Å². The molecule has 0 spiro atoms. The Bertz CT molecular complexity index is 979. The molecule has 0 saturated carbocycles. The van der Waals surface area contributed by atoms with Crippen molar-refractivity contribution in [2.24, 2.45) is 0 Å². The third kappa shape index (κ3) is 3.56. The molecule has 0 aliphatic carbocycles. The molecule has 1 aliphatic heterocycles. The van der Waals surface area contributed by atoms with Gasteiger partial charge in [0.25, 0.3) is 0 Å². The molecule has 1 saturated heterocycles. The van der Waals surface area contributed by atoms with Crippen molar-refractivity contribution in [1.29, 1.82) is 0 Å². The topological polar surface area (TPSA) is 66.4 Å². The second kappa shape index (κ2) is 7.35. The van der Waals surface area contributed by atoms with Gasteiger partial charge in [0.15, 0.2) is 5.13 Å². The largest absolute Gasteiger partial charge is 0.345 e. The molecule has 10 heteroatoms.